The Labute approximate surface area is 114 Å². The summed E-state index contributed by atoms with van der Waals surface area (Å²) in [4.78, 5) is 13.4. The van der Waals surface area contributed by atoms with Crippen LogP contribution in [0.15, 0.2) is 28.0 Å². The summed E-state index contributed by atoms with van der Waals surface area (Å²) < 4.78 is 26.7. The number of nitrogens with one attached hydrogen (secondary N) is 2. The first-order valence-electron chi connectivity index (χ1n) is 6.42. The van der Waals surface area contributed by atoms with Gasteiger partial charge in [-0.05, 0) is 23.8 Å². The topological polar surface area (TPSA) is 79.0 Å². The van der Waals surface area contributed by atoms with Crippen LogP contribution in [0.3, 0.4) is 0 Å². The smallest absolute Gasteiger partial charge is 0.247 e. The van der Waals surface area contributed by atoms with Crippen molar-refractivity contribution in [2.24, 2.45) is 17.8 Å². The second-order valence-electron chi connectivity index (χ2n) is 5.39. The van der Waals surface area contributed by atoms with E-state index in [4.69, 9.17) is 0 Å². The molecule has 1 aromatic heterocycles. The molecule has 5 nitrogen and oxygen atoms in total. The van der Waals surface area contributed by atoms with Gasteiger partial charge < -0.3 is 4.98 Å². The van der Waals surface area contributed by atoms with Crippen molar-refractivity contribution in [1.82, 2.24) is 9.71 Å². The lowest BCUT2D eigenvalue weighted by Gasteiger charge is -2.24. The van der Waals surface area contributed by atoms with Crippen molar-refractivity contribution < 1.29 is 8.42 Å². The van der Waals surface area contributed by atoms with Crippen molar-refractivity contribution in [2.45, 2.75) is 32.6 Å². The third kappa shape index (κ3) is 4.47. The summed E-state index contributed by atoms with van der Waals surface area (Å²) in [5.74, 6) is 1.08. The maximum atomic E-state index is 12.1. The van der Waals surface area contributed by atoms with Crippen LogP contribution in [-0.4, -0.2) is 19.9 Å². The van der Waals surface area contributed by atoms with Gasteiger partial charge in [0.25, 0.3) is 0 Å². The van der Waals surface area contributed by atoms with Gasteiger partial charge in [-0.2, -0.15) is 0 Å². The molecular formula is C13H22N2O3S. The predicted octanol–water partition coefficient (Wildman–Crippen LogP) is 1.58. The van der Waals surface area contributed by atoms with E-state index in [1.165, 1.54) is 18.3 Å². The Morgan fingerprint density at radius 3 is 2.16 bits per heavy atom. The maximum absolute atomic E-state index is 12.1. The summed E-state index contributed by atoms with van der Waals surface area (Å²) in [6, 6.07) is 2.51. The Morgan fingerprint density at radius 1 is 1.16 bits per heavy atom. The second-order valence-corrected chi connectivity index (χ2v) is 7.16. The molecule has 0 aromatic carbocycles. The molecular weight excluding hydrogens is 264 g/mol. The molecule has 0 fully saturated rings. The zero-order chi connectivity index (χ0) is 14.6. The zero-order valence-corrected chi connectivity index (χ0v) is 12.6. The zero-order valence-electron chi connectivity index (χ0n) is 11.8. The Morgan fingerprint density at radius 2 is 1.74 bits per heavy atom. The van der Waals surface area contributed by atoms with Crippen LogP contribution in [0.25, 0.3) is 0 Å². The van der Waals surface area contributed by atoms with E-state index in [2.05, 4.69) is 37.4 Å². The first-order valence-corrected chi connectivity index (χ1v) is 7.90. The highest BCUT2D eigenvalue weighted by molar-refractivity contribution is 7.89. The van der Waals surface area contributed by atoms with Crippen LogP contribution in [0.5, 0.6) is 0 Å². The maximum Gasteiger partial charge on any atom is 0.247 e. The predicted molar refractivity (Wildman–Crippen MR) is 75.4 cm³/mol. The molecule has 0 saturated heterocycles. The van der Waals surface area contributed by atoms with E-state index in [1.54, 1.807) is 0 Å². The second kappa shape index (κ2) is 6.34. The minimum atomic E-state index is -3.56. The van der Waals surface area contributed by atoms with Gasteiger partial charge in [-0.3, -0.25) is 4.79 Å². The molecule has 0 spiro atoms. The summed E-state index contributed by atoms with van der Waals surface area (Å²) in [6.45, 7) is 8.73. The highest BCUT2D eigenvalue weighted by Crippen LogP contribution is 2.20. The minimum absolute atomic E-state index is 0.0818. The van der Waals surface area contributed by atoms with E-state index in [1.807, 2.05) is 0 Å². The van der Waals surface area contributed by atoms with Crippen LogP contribution in [0.1, 0.15) is 27.7 Å². The Bertz CT molecular complexity index is 533. The normalized spacial score (nSPS) is 12.6. The van der Waals surface area contributed by atoms with Crippen molar-refractivity contribution in [1.29, 1.82) is 0 Å². The van der Waals surface area contributed by atoms with Crippen molar-refractivity contribution in [3.63, 3.8) is 0 Å². The molecule has 108 valence electrons. The molecule has 2 N–H and O–H groups in total. The standard InChI is InChI=1S/C13H22N2O3S/c1-9(2)12(10(3)4)8-15-19(17,18)11-5-6-13(16)14-7-11/h5-7,9-10,12,15H,8H2,1-4H3,(H,14,16). The summed E-state index contributed by atoms with van der Waals surface area (Å²) in [7, 11) is -3.56. The van der Waals surface area contributed by atoms with Crippen LogP contribution in [0.4, 0.5) is 0 Å². The van der Waals surface area contributed by atoms with Crippen molar-refractivity contribution in [3.8, 4) is 0 Å². The van der Waals surface area contributed by atoms with Gasteiger partial charge in [0.15, 0.2) is 0 Å². The number of aromatic nitrogens is 1. The number of hydrogen-bond acceptors (Lipinski definition) is 3. The number of aromatic amines is 1. The molecule has 19 heavy (non-hydrogen) atoms. The molecule has 0 amide bonds. The van der Waals surface area contributed by atoms with E-state index in [9.17, 15) is 13.2 Å². The lowest BCUT2D eigenvalue weighted by atomic mass is 9.86. The van der Waals surface area contributed by atoms with Gasteiger partial charge in [-0.25, -0.2) is 13.1 Å². The van der Waals surface area contributed by atoms with Crippen molar-refractivity contribution in [2.75, 3.05) is 6.54 Å². The van der Waals surface area contributed by atoms with E-state index in [-0.39, 0.29) is 16.4 Å². The van der Waals surface area contributed by atoms with E-state index >= 15 is 0 Å². The van der Waals surface area contributed by atoms with Gasteiger partial charge in [-0.15, -0.1) is 0 Å². The third-order valence-corrected chi connectivity index (χ3v) is 4.71. The fourth-order valence-corrected chi connectivity index (χ4v) is 3.13. The van der Waals surface area contributed by atoms with Gasteiger partial charge in [0.05, 0.1) is 4.90 Å². The Kier molecular flexibility index (Phi) is 5.31. The summed E-state index contributed by atoms with van der Waals surface area (Å²) in [5.41, 5.74) is -0.318. The van der Waals surface area contributed by atoms with Crippen LogP contribution in [0, 0.1) is 17.8 Å². The summed E-state index contributed by atoms with van der Waals surface area (Å²) in [6.07, 6.45) is 1.21. The lowest BCUT2D eigenvalue weighted by molar-refractivity contribution is 0.289. The fraction of sp³-hybridized carbons (Fsp3) is 0.615. The number of hydrogen-bond donors (Lipinski definition) is 2. The molecule has 0 saturated carbocycles. The summed E-state index contributed by atoms with van der Waals surface area (Å²) >= 11 is 0. The van der Waals surface area contributed by atoms with Crippen molar-refractivity contribution in [3.05, 3.63) is 28.7 Å². The monoisotopic (exact) mass is 286 g/mol. The lowest BCUT2D eigenvalue weighted by Crippen LogP contribution is -2.34. The minimum Gasteiger partial charge on any atom is -0.328 e. The first-order chi connectivity index (χ1) is 8.74. The molecule has 1 aromatic rings. The molecule has 1 heterocycles. The number of rotatable bonds is 6. The van der Waals surface area contributed by atoms with Gasteiger partial charge in [0.1, 0.15) is 0 Å². The highest BCUT2D eigenvalue weighted by atomic mass is 32.2. The number of pyridine rings is 1. The molecule has 0 atom stereocenters. The molecule has 0 aliphatic heterocycles. The van der Waals surface area contributed by atoms with Crippen LogP contribution < -0.4 is 10.3 Å². The quantitative estimate of drug-likeness (QED) is 0.833. The SMILES string of the molecule is CC(C)C(CNS(=O)(=O)c1ccc(=O)[nH]c1)C(C)C. The average molecular weight is 286 g/mol. The summed E-state index contributed by atoms with van der Waals surface area (Å²) in [5, 5.41) is 0. The van der Waals surface area contributed by atoms with Gasteiger partial charge in [-0.1, -0.05) is 27.7 Å². The molecule has 0 aliphatic carbocycles. The molecule has 0 bridgehead atoms. The average Bonchev–Trinajstić information content (AvgIpc) is 2.28. The molecule has 0 radical (unpaired) electrons. The molecule has 0 unspecified atom stereocenters. The molecule has 6 heteroatoms. The highest BCUT2D eigenvalue weighted by Gasteiger charge is 2.21. The van der Waals surface area contributed by atoms with Crippen LogP contribution in [-0.2, 0) is 10.0 Å². The molecule has 0 aliphatic rings. The Balaban J connectivity index is 2.80. The van der Waals surface area contributed by atoms with Gasteiger partial charge in [0.2, 0.25) is 15.6 Å². The largest absolute Gasteiger partial charge is 0.328 e. The third-order valence-electron chi connectivity index (χ3n) is 3.29. The van der Waals surface area contributed by atoms with Gasteiger partial charge in [0, 0.05) is 18.8 Å². The first kappa shape index (κ1) is 15.9. The van der Waals surface area contributed by atoms with Gasteiger partial charge >= 0.3 is 0 Å². The van der Waals surface area contributed by atoms with E-state index in [0.717, 1.165) is 0 Å². The number of H-pyrrole nitrogens is 1. The van der Waals surface area contributed by atoms with E-state index in [0.29, 0.717) is 18.4 Å². The fourth-order valence-electron chi connectivity index (χ4n) is 2.09. The molecule has 1 rings (SSSR count). The van der Waals surface area contributed by atoms with Crippen LogP contribution in [0.2, 0.25) is 0 Å². The Hall–Kier alpha value is -1.14. The number of sulfonamides is 1. The van der Waals surface area contributed by atoms with Crippen molar-refractivity contribution >= 4 is 10.0 Å². The van der Waals surface area contributed by atoms with E-state index < -0.39 is 10.0 Å². The van der Waals surface area contributed by atoms with Crippen LogP contribution >= 0.6 is 0 Å².